The molecule has 2 aromatic heterocycles. The van der Waals surface area contributed by atoms with E-state index in [0.29, 0.717) is 29.2 Å². The van der Waals surface area contributed by atoms with Gasteiger partial charge in [0.05, 0.1) is 34.9 Å². The number of amides is 1. The van der Waals surface area contributed by atoms with Gasteiger partial charge < -0.3 is 15.4 Å². The number of carbonyl (C=O) groups is 1. The Kier molecular flexibility index (Phi) is 6.09. The number of aryl methyl sites for hydroxylation is 2. The molecule has 0 unspecified atom stereocenters. The van der Waals surface area contributed by atoms with Gasteiger partial charge in [-0.1, -0.05) is 12.1 Å². The standard InChI is InChI=1S/C19H21N7O5/c1-12-9-17(25(28)29)22-23(12)8-7-20-19(27)16-6-4-5-15(10-16)11-24-14(3)18(26(30)31)13(2)21-24/h4-6,9-10H,7-8,11H2,1-3H3,(H,20,27). The van der Waals surface area contributed by atoms with Gasteiger partial charge >= 0.3 is 11.5 Å². The third-order valence-electron chi connectivity index (χ3n) is 4.81. The molecule has 31 heavy (non-hydrogen) atoms. The van der Waals surface area contributed by atoms with E-state index in [2.05, 4.69) is 15.5 Å². The van der Waals surface area contributed by atoms with Crippen LogP contribution in [0, 0.1) is 41.0 Å². The molecule has 162 valence electrons. The highest BCUT2D eigenvalue weighted by Crippen LogP contribution is 2.22. The van der Waals surface area contributed by atoms with Gasteiger partial charge in [0.2, 0.25) is 0 Å². The van der Waals surface area contributed by atoms with Crippen LogP contribution in [0.15, 0.2) is 30.3 Å². The Morgan fingerprint density at radius 2 is 1.81 bits per heavy atom. The number of nitro groups is 2. The van der Waals surface area contributed by atoms with Gasteiger partial charge in [0.25, 0.3) is 5.91 Å². The number of aromatic nitrogens is 4. The van der Waals surface area contributed by atoms with Gasteiger partial charge in [0.15, 0.2) is 0 Å². The van der Waals surface area contributed by atoms with Gasteiger partial charge in [-0.3, -0.25) is 19.6 Å². The first-order chi connectivity index (χ1) is 14.7. The Hall–Kier alpha value is -4.09. The van der Waals surface area contributed by atoms with Crippen molar-refractivity contribution in [1.82, 2.24) is 24.9 Å². The minimum atomic E-state index is -0.564. The van der Waals surface area contributed by atoms with Gasteiger partial charge in [-0.25, -0.2) is 0 Å². The summed E-state index contributed by atoms with van der Waals surface area (Å²) in [4.78, 5) is 33.4. The molecule has 0 fully saturated rings. The van der Waals surface area contributed by atoms with Crippen LogP contribution in [0.2, 0.25) is 0 Å². The molecule has 0 aliphatic heterocycles. The molecule has 0 spiro atoms. The Labute approximate surface area is 176 Å². The smallest absolute Gasteiger partial charge is 0.358 e. The minimum absolute atomic E-state index is 0.0111. The lowest BCUT2D eigenvalue weighted by molar-refractivity contribution is -0.389. The summed E-state index contributed by atoms with van der Waals surface area (Å²) in [6, 6.07) is 8.26. The molecule has 1 N–H and O–H groups in total. The lowest BCUT2D eigenvalue weighted by Gasteiger charge is -2.08. The number of nitrogens with one attached hydrogen (secondary N) is 1. The van der Waals surface area contributed by atoms with E-state index in [0.717, 1.165) is 5.56 Å². The average Bonchev–Trinajstić information content (AvgIpc) is 3.21. The number of hydrogen-bond acceptors (Lipinski definition) is 7. The maximum atomic E-state index is 12.5. The molecule has 0 bridgehead atoms. The second-order valence-electron chi connectivity index (χ2n) is 7.01. The van der Waals surface area contributed by atoms with Crippen LogP contribution in [-0.4, -0.2) is 41.9 Å². The summed E-state index contributed by atoms with van der Waals surface area (Å²) in [7, 11) is 0. The van der Waals surface area contributed by atoms with Crippen molar-refractivity contribution in [3.63, 3.8) is 0 Å². The summed E-state index contributed by atoms with van der Waals surface area (Å²) < 4.78 is 3.00. The van der Waals surface area contributed by atoms with Crippen LogP contribution in [0.1, 0.15) is 33.0 Å². The summed E-state index contributed by atoms with van der Waals surface area (Å²) in [5.41, 5.74) is 2.60. The fourth-order valence-corrected chi connectivity index (χ4v) is 3.28. The third kappa shape index (κ3) is 4.74. The van der Waals surface area contributed by atoms with Crippen molar-refractivity contribution < 1.29 is 14.6 Å². The number of rotatable bonds is 8. The number of hydrogen-bond donors (Lipinski definition) is 1. The summed E-state index contributed by atoms with van der Waals surface area (Å²) in [6.07, 6.45) is 0. The molecule has 12 nitrogen and oxygen atoms in total. The van der Waals surface area contributed by atoms with E-state index >= 15 is 0 Å². The molecule has 1 aromatic carbocycles. The van der Waals surface area contributed by atoms with Crippen LogP contribution in [0.25, 0.3) is 0 Å². The number of carbonyl (C=O) groups excluding carboxylic acids is 1. The van der Waals surface area contributed by atoms with Crippen LogP contribution in [0.3, 0.4) is 0 Å². The summed E-state index contributed by atoms with van der Waals surface area (Å²) in [5, 5.41) is 32.8. The van der Waals surface area contributed by atoms with Crippen LogP contribution < -0.4 is 5.32 Å². The zero-order chi connectivity index (χ0) is 22.7. The highest BCUT2D eigenvalue weighted by atomic mass is 16.6. The van der Waals surface area contributed by atoms with Gasteiger partial charge in [-0.05, 0) is 43.4 Å². The van der Waals surface area contributed by atoms with E-state index in [1.807, 2.05) is 6.07 Å². The van der Waals surface area contributed by atoms with Crippen molar-refractivity contribution in [2.75, 3.05) is 6.54 Å². The lowest BCUT2D eigenvalue weighted by atomic mass is 10.1. The SMILES string of the molecule is Cc1nn(Cc2cccc(C(=O)NCCn3nc([N+](=O)[O-])cc3C)c2)c(C)c1[N+](=O)[O-]. The summed E-state index contributed by atoms with van der Waals surface area (Å²) >= 11 is 0. The molecule has 0 radical (unpaired) electrons. The molecule has 0 atom stereocenters. The topological polar surface area (TPSA) is 151 Å². The zero-order valence-electron chi connectivity index (χ0n) is 17.2. The Morgan fingerprint density at radius 1 is 1.06 bits per heavy atom. The third-order valence-corrected chi connectivity index (χ3v) is 4.81. The summed E-state index contributed by atoms with van der Waals surface area (Å²) in [6.45, 7) is 5.75. The molecule has 3 aromatic rings. The maximum Gasteiger partial charge on any atom is 0.390 e. The fourth-order valence-electron chi connectivity index (χ4n) is 3.28. The van der Waals surface area contributed by atoms with E-state index in [-0.39, 0.29) is 30.5 Å². The van der Waals surface area contributed by atoms with E-state index in [9.17, 15) is 25.0 Å². The maximum absolute atomic E-state index is 12.5. The average molecular weight is 427 g/mol. The van der Waals surface area contributed by atoms with E-state index < -0.39 is 9.85 Å². The predicted octanol–water partition coefficient (Wildman–Crippen LogP) is 2.30. The van der Waals surface area contributed by atoms with Gasteiger partial charge in [-0.15, -0.1) is 0 Å². The van der Waals surface area contributed by atoms with Crippen molar-refractivity contribution in [2.45, 2.75) is 33.9 Å². The molecule has 0 saturated carbocycles. The predicted molar refractivity (Wildman–Crippen MR) is 110 cm³/mol. The molecule has 1 amide bonds. The van der Waals surface area contributed by atoms with Gasteiger partial charge in [0, 0.05) is 12.1 Å². The monoisotopic (exact) mass is 427 g/mol. The minimum Gasteiger partial charge on any atom is -0.358 e. The Morgan fingerprint density at radius 3 is 2.42 bits per heavy atom. The van der Waals surface area contributed by atoms with Crippen LogP contribution >= 0.6 is 0 Å². The largest absolute Gasteiger partial charge is 0.390 e. The van der Waals surface area contributed by atoms with Crippen LogP contribution in [0.5, 0.6) is 0 Å². The fraction of sp³-hybridized carbons (Fsp3) is 0.316. The van der Waals surface area contributed by atoms with Crippen molar-refractivity contribution >= 4 is 17.4 Å². The lowest BCUT2D eigenvalue weighted by Crippen LogP contribution is -2.27. The van der Waals surface area contributed by atoms with Crippen molar-refractivity contribution in [3.8, 4) is 0 Å². The molecule has 0 aliphatic carbocycles. The second kappa shape index (κ2) is 8.73. The molecule has 12 heteroatoms. The van der Waals surface area contributed by atoms with Gasteiger partial charge in [0.1, 0.15) is 11.4 Å². The first-order valence-electron chi connectivity index (χ1n) is 9.41. The quantitative estimate of drug-likeness (QED) is 0.428. The molecular formula is C19H21N7O5. The highest BCUT2D eigenvalue weighted by Gasteiger charge is 2.22. The Balaban J connectivity index is 1.65. The molecule has 2 heterocycles. The highest BCUT2D eigenvalue weighted by molar-refractivity contribution is 5.94. The molecule has 0 aliphatic rings. The molecule has 3 rings (SSSR count). The second-order valence-corrected chi connectivity index (χ2v) is 7.01. The molecular weight excluding hydrogens is 406 g/mol. The zero-order valence-corrected chi connectivity index (χ0v) is 17.2. The van der Waals surface area contributed by atoms with E-state index in [1.165, 1.54) is 15.4 Å². The van der Waals surface area contributed by atoms with Crippen molar-refractivity contribution in [1.29, 1.82) is 0 Å². The number of benzene rings is 1. The van der Waals surface area contributed by atoms with Crippen LogP contribution in [0.4, 0.5) is 11.5 Å². The van der Waals surface area contributed by atoms with Crippen molar-refractivity contribution in [3.05, 3.63) is 78.8 Å². The number of nitrogens with zero attached hydrogens (tertiary/aromatic N) is 6. The first kappa shape index (κ1) is 21.6. The molecule has 0 saturated heterocycles. The van der Waals surface area contributed by atoms with E-state index in [1.54, 1.807) is 39.0 Å². The Bertz CT molecular complexity index is 1160. The van der Waals surface area contributed by atoms with Crippen molar-refractivity contribution in [2.24, 2.45) is 0 Å². The normalized spacial score (nSPS) is 10.8. The van der Waals surface area contributed by atoms with Gasteiger partial charge in [-0.2, -0.15) is 9.78 Å². The van der Waals surface area contributed by atoms with Crippen LogP contribution in [-0.2, 0) is 13.1 Å². The van der Waals surface area contributed by atoms with E-state index in [4.69, 9.17) is 0 Å². The first-order valence-corrected chi connectivity index (χ1v) is 9.41. The summed E-state index contributed by atoms with van der Waals surface area (Å²) in [5.74, 6) is -0.540.